The fourth-order valence-electron chi connectivity index (χ4n) is 5.26. The Morgan fingerprint density at radius 1 is 0.625 bits per heavy atom. The zero-order valence-electron chi connectivity index (χ0n) is 22.3. The molecule has 0 N–H and O–H groups in total. The first kappa shape index (κ1) is 24.9. The quantitative estimate of drug-likeness (QED) is 0.126. The molecule has 0 aliphatic rings. The molecule has 0 atom stereocenters. The van der Waals surface area contributed by atoms with Gasteiger partial charge in [-0.25, -0.2) is 0 Å². The maximum Gasteiger partial charge on any atom is 0.102 e. The monoisotopic (exact) mass is 513 g/mol. The van der Waals surface area contributed by atoms with E-state index in [-0.39, 0.29) is 0 Å². The number of hydrogen-bond donors (Lipinski definition) is 0. The Bertz CT molecular complexity index is 1870. The Kier molecular flexibility index (Phi) is 6.66. The second-order valence-electron chi connectivity index (χ2n) is 9.78. The van der Waals surface area contributed by atoms with E-state index in [9.17, 15) is 5.26 Å². The summed E-state index contributed by atoms with van der Waals surface area (Å²) >= 11 is 0. The molecular weight excluding hydrogens is 486 g/mol. The van der Waals surface area contributed by atoms with Crippen molar-refractivity contribution in [1.29, 1.82) is 5.26 Å². The van der Waals surface area contributed by atoms with Gasteiger partial charge in [-0.3, -0.25) is 4.99 Å². The van der Waals surface area contributed by atoms with Crippen molar-refractivity contribution >= 4 is 63.2 Å². The lowest BCUT2D eigenvalue weighted by molar-refractivity contribution is 1.28. The van der Waals surface area contributed by atoms with E-state index < -0.39 is 0 Å². The molecule has 0 saturated heterocycles. The fourth-order valence-corrected chi connectivity index (χ4v) is 5.26. The van der Waals surface area contributed by atoms with E-state index in [1.165, 1.54) is 0 Å². The summed E-state index contributed by atoms with van der Waals surface area (Å²) in [5.74, 6) is 0. The van der Waals surface area contributed by atoms with Gasteiger partial charge < -0.3 is 4.90 Å². The van der Waals surface area contributed by atoms with Gasteiger partial charge in [0.1, 0.15) is 6.07 Å². The molecule has 40 heavy (non-hydrogen) atoms. The van der Waals surface area contributed by atoms with Gasteiger partial charge in [-0.15, -0.1) is 0 Å². The van der Waals surface area contributed by atoms with Crippen molar-refractivity contribution in [3.63, 3.8) is 0 Å². The Hall–Kier alpha value is -5.46. The van der Waals surface area contributed by atoms with Gasteiger partial charge in [-0.2, -0.15) is 5.26 Å². The predicted octanol–water partition coefficient (Wildman–Crippen LogP) is 10.1. The minimum atomic E-state index is 0.570. The van der Waals surface area contributed by atoms with Gasteiger partial charge in [-0.05, 0) is 78.0 Å². The van der Waals surface area contributed by atoms with E-state index in [4.69, 9.17) is 0 Å². The molecule has 0 aliphatic heterocycles. The molecule has 190 valence electrons. The van der Waals surface area contributed by atoms with Crippen molar-refractivity contribution in [1.82, 2.24) is 0 Å². The minimum absolute atomic E-state index is 0.570. The summed E-state index contributed by atoms with van der Waals surface area (Å²) in [5.41, 5.74) is 7.88. The van der Waals surface area contributed by atoms with E-state index in [1.54, 1.807) is 0 Å². The lowest BCUT2D eigenvalue weighted by Gasteiger charge is -2.25. The number of aryl methyl sites for hydroxylation is 1. The highest BCUT2D eigenvalue weighted by Gasteiger charge is 2.14. The average Bonchev–Trinajstić information content (AvgIpc) is 3.01. The van der Waals surface area contributed by atoms with E-state index in [2.05, 4.69) is 133 Å². The van der Waals surface area contributed by atoms with Crippen molar-refractivity contribution in [2.75, 3.05) is 4.90 Å². The third kappa shape index (κ3) is 4.64. The maximum absolute atomic E-state index is 9.87. The van der Waals surface area contributed by atoms with E-state index in [1.807, 2.05) is 30.3 Å². The standard InChI is InChI=1S/C37H27N3/c1-26-13-21-32-34(23-26)35-24-28(18-22-33(35)37(39-2)36(32)25-38)15-14-27-16-19-31(20-17-27)40(29-9-5-3-6-10-29)30-11-7-4-8-12-30/h3-24H,2H2,1H3. The van der Waals surface area contributed by atoms with Crippen LogP contribution < -0.4 is 4.90 Å². The van der Waals surface area contributed by atoms with Crippen molar-refractivity contribution in [3.8, 4) is 6.07 Å². The number of aliphatic imine (C=N–C) groups is 1. The van der Waals surface area contributed by atoms with Crippen molar-refractivity contribution in [2.45, 2.75) is 6.92 Å². The molecule has 6 aromatic carbocycles. The van der Waals surface area contributed by atoms with E-state index in [0.717, 1.165) is 55.3 Å². The van der Waals surface area contributed by atoms with Crippen LogP contribution in [-0.2, 0) is 0 Å². The first-order chi connectivity index (χ1) is 19.7. The number of nitriles is 1. The normalized spacial score (nSPS) is 11.1. The number of para-hydroxylation sites is 2. The molecular formula is C37H27N3. The number of nitrogens with zero attached hydrogens (tertiary/aromatic N) is 3. The number of anilines is 3. The summed E-state index contributed by atoms with van der Waals surface area (Å²) in [6.07, 6.45) is 4.26. The highest BCUT2D eigenvalue weighted by Crippen LogP contribution is 2.39. The largest absolute Gasteiger partial charge is 0.311 e. The molecule has 0 amide bonds. The summed E-state index contributed by atoms with van der Waals surface area (Å²) in [7, 11) is 0. The molecule has 3 heteroatoms. The zero-order chi connectivity index (χ0) is 27.5. The van der Waals surface area contributed by atoms with Crippen LogP contribution in [0.3, 0.4) is 0 Å². The molecule has 6 rings (SSSR count). The molecule has 3 nitrogen and oxygen atoms in total. The van der Waals surface area contributed by atoms with Crippen LogP contribution in [0.2, 0.25) is 0 Å². The molecule has 0 aromatic heterocycles. The average molecular weight is 514 g/mol. The Labute approximate surface area is 234 Å². The fraction of sp³-hybridized carbons (Fsp3) is 0.0270. The van der Waals surface area contributed by atoms with Crippen LogP contribution in [0.4, 0.5) is 22.7 Å². The van der Waals surface area contributed by atoms with E-state index in [0.29, 0.717) is 11.3 Å². The molecule has 6 aromatic rings. The Morgan fingerprint density at radius 3 is 1.80 bits per heavy atom. The Balaban J connectivity index is 1.36. The van der Waals surface area contributed by atoms with Crippen LogP contribution >= 0.6 is 0 Å². The predicted molar refractivity (Wildman–Crippen MR) is 170 cm³/mol. The lowest BCUT2D eigenvalue weighted by atomic mass is 9.93. The van der Waals surface area contributed by atoms with Crippen LogP contribution in [0.25, 0.3) is 33.7 Å². The maximum atomic E-state index is 9.87. The Morgan fingerprint density at radius 2 is 1.18 bits per heavy atom. The number of hydrogen-bond acceptors (Lipinski definition) is 3. The summed E-state index contributed by atoms with van der Waals surface area (Å²) in [5, 5.41) is 13.8. The first-order valence-electron chi connectivity index (χ1n) is 13.2. The third-order valence-electron chi connectivity index (χ3n) is 7.19. The summed E-state index contributed by atoms with van der Waals surface area (Å²) in [6.45, 7) is 5.82. The van der Waals surface area contributed by atoms with Gasteiger partial charge >= 0.3 is 0 Å². The van der Waals surface area contributed by atoms with Crippen LogP contribution in [0.1, 0.15) is 22.3 Å². The number of rotatable bonds is 6. The van der Waals surface area contributed by atoms with Gasteiger partial charge in [0.15, 0.2) is 0 Å². The molecule has 0 unspecified atom stereocenters. The minimum Gasteiger partial charge on any atom is -0.311 e. The van der Waals surface area contributed by atoms with Gasteiger partial charge in [0, 0.05) is 27.8 Å². The second kappa shape index (κ2) is 10.7. The number of fused-ring (bicyclic) bond motifs is 3. The van der Waals surface area contributed by atoms with Crippen LogP contribution in [-0.4, -0.2) is 6.72 Å². The SMILES string of the molecule is C=Nc1c(C#N)c2ccc(C)cc2c2cc(C=Cc3ccc(N(c4ccccc4)c4ccccc4)cc3)ccc12. The van der Waals surface area contributed by atoms with E-state index >= 15 is 0 Å². The van der Waals surface area contributed by atoms with Gasteiger partial charge in [0.2, 0.25) is 0 Å². The summed E-state index contributed by atoms with van der Waals surface area (Å²) in [4.78, 5) is 6.49. The molecule has 0 saturated carbocycles. The summed E-state index contributed by atoms with van der Waals surface area (Å²) in [6, 6.07) is 44.2. The molecule has 0 spiro atoms. The van der Waals surface area contributed by atoms with Crippen molar-refractivity contribution < 1.29 is 0 Å². The zero-order valence-corrected chi connectivity index (χ0v) is 22.3. The third-order valence-corrected chi connectivity index (χ3v) is 7.19. The second-order valence-corrected chi connectivity index (χ2v) is 9.78. The smallest absolute Gasteiger partial charge is 0.102 e. The lowest BCUT2D eigenvalue weighted by Crippen LogP contribution is -2.09. The highest BCUT2D eigenvalue weighted by molar-refractivity contribution is 6.16. The van der Waals surface area contributed by atoms with Crippen LogP contribution in [0, 0.1) is 18.3 Å². The molecule has 0 aliphatic carbocycles. The van der Waals surface area contributed by atoms with Crippen molar-refractivity contribution in [3.05, 3.63) is 144 Å². The van der Waals surface area contributed by atoms with Gasteiger partial charge in [0.05, 0.1) is 11.3 Å². The molecule has 0 radical (unpaired) electrons. The first-order valence-corrected chi connectivity index (χ1v) is 13.2. The molecule has 0 bridgehead atoms. The van der Waals surface area contributed by atoms with Crippen LogP contribution in [0.5, 0.6) is 0 Å². The van der Waals surface area contributed by atoms with Crippen molar-refractivity contribution in [2.24, 2.45) is 4.99 Å². The van der Waals surface area contributed by atoms with Crippen LogP contribution in [0.15, 0.2) is 126 Å². The van der Waals surface area contributed by atoms with Gasteiger partial charge in [0.25, 0.3) is 0 Å². The number of benzene rings is 6. The topological polar surface area (TPSA) is 39.4 Å². The summed E-state index contributed by atoms with van der Waals surface area (Å²) < 4.78 is 0. The highest BCUT2D eigenvalue weighted by atomic mass is 15.1. The molecule has 0 heterocycles. The van der Waals surface area contributed by atoms with Gasteiger partial charge in [-0.1, -0.05) is 96.6 Å². The molecule has 0 fully saturated rings.